The van der Waals surface area contributed by atoms with E-state index in [1.54, 1.807) is 20.8 Å². The number of sulfonamides is 1. The van der Waals surface area contributed by atoms with Crippen LogP contribution in [0, 0.1) is 0 Å². The number of hydrogen-bond donors (Lipinski definition) is 1. The van der Waals surface area contributed by atoms with Gasteiger partial charge in [-0.3, -0.25) is 0 Å². The first-order valence-corrected chi connectivity index (χ1v) is 6.58. The third-order valence-corrected chi connectivity index (χ3v) is 3.05. The van der Waals surface area contributed by atoms with Crippen molar-refractivity contribution in [2.24, 2.45) is 0 Å². The Morgan fingerprint density at radius 3 is 2.25 bits per heavy atom. The molecule has 0 saturated carbocycles. The fourth-order valence-corrected chi connectivity index (χ4v) is 1.51. The molecular formula is C9H20N2O4S. The first-order chi connectivity index (χ1) is 7.07. The molecule has 0 aromatic heterocycles. The van der Waals surface area contributed by atoms with Gasteiger partial charge in [-0.2, -0.15) is 0 Å². The largest absolute Gasteiger partial charge is 0.444 e. The maximum Gasteiger partial charge on any atom is 0.410 e. The molecule has 1 N–H and O–H groups in total. The highest BCUT2D eigenvalue weighted by Crippen LogP contribution is 2.08. The van der Waals surface area contributed by atoms with Crippen LogP contribution < -0.4 is 4.72 Å². The van der Waals surface area contributed by atoms with Gasteiger partial charge in [-0.15, -0.1) is 0 Å². The third kappa shape index (κ3) is 6.62. The summed E-state index contributed by atoms with van der Waals surface area (Å²) in [7, 11) is -0.456. The van der Waals surface area contributed by atoms with E-state index in [9.17, 15) is 13.2 Å². The molecule has 16 heavy (non-hydrogen) atoms. The van der Waals surface area contributed by atoms with Crippen LogP contribution in [0.4, 0.5) is 4.79 Å². The molecule has 0 radical (unpaired) electrons. The van der Waals surface area contributed by atoms with Crippen LogP contribution in [0.25, 0.3) is 0 Å². The minimum Gasteiger partial charge on any atom is -0.444 e. The highest BCUT2D eigenvalue weighted by molar-refractivity contribution is 7.89. The van der Waals surface area contributed by atoms with Crippen LogP contribution in [0.3, 0.4) is 0 Å². The Morgan fingerprint density at radius 2 is 1.88 bits per heavy atom. The molecule has 0 unspecified atom stereocenters. The number of carbonyl (C=O) groups is 1. The zero-order valence-corrected chi connectivity index (χ0v) is 11.2. The number of nitrogens with zero attached hydrogens (tertiary/aromatic N) is 1. The van der Waals surface area contributed by atoms with Crippen LogP contribution in [-0.2, 0) is 14.8 Å². The lowest BCUT2D eigenvalue weighted by atomic mass is 10.2. The van der Waals surface area contributed by atoms with E-state index in [0.29, 0.717) is 0 Å². The summed E-state index contributed by atoms with van der Waals surface area (Å²) in [6.07, 6.45) is -0.529. The van der Waals surface area contributed by atoms with Crippen molar-refractivity contribution in [1.29, 1.82) is 0 Å². The van der Waals surface area contributed by atoms with Gasteiger partial charge in [-0.05, 0) is 27.8 Å². The molecule has 6 nitrogen and oxygen atoms in total. The van der Waals surface area contributed by atoms with Crippen molar-refractivity contribution in [3.8, 4) is 0 Å². The van der Waals surface area contributed by atoms with Gasteiger partial charge < -0.3 is 9.64 Å². The Labute approximate surface area is 97.0 Å². The highest BCUT2D eigenvalue weighted by atomic mass is 32.2. The van der Waals surface area contributed by atoms with E-state index in [1.807, 2.05) is 0 Å². The average molecular weight is 252 g/mol. The topological polar surface area (TPSA) is 75.7 Å². The molecule has 0 atom stereocenters. The molecule has 96 valence electrons. The van der Waals surface area contributed by atoms with Gasteiger partial charge in [0.15, 0.2) is 0 Å². The molecule has 1 amide bonds. The fraction of sp³-hybridized carbons (Fsp3) is 0.889. The van der Waals surface area contributed by atoms with Crippen LogP contribution in [-0.4, -0.2) is 51.4 Å². The quantitative estimate of drug-likeness (QED) is 0.786. The second kappa shape index (κ2) is 5.49. The molecule has 0 saturated heterocycles. The zero-order chi connectivity index (χ0) is 13.0. The van der Waals surface area contributed by atoms with Crippen LogP contribution >= 0.6 is 0 Å². The van der Waals surface area contributed by atoms with Crippen molar-refractivity contribution in [3.05, 3.63) is 0 Å². The minimum absolute atomic E-state index is 0.0953. The molecule has 0 aliphatic heterocycles. The van der Waals surface area contributed by atoms with E-state index < -0.39 is 21.7 Å². The maximum absolute atomic E-state index is 11.5. The van der Waals surface area contributed by atoms with E-state index in [2.05, 4.69) is 4.72 Å². The van der Waals surface area contributed by atoms with Crippen molar-refractivity contribution in [1.82, 2.24) is 9.62 Å². The summed E-state index contributed by atoms with van der Waals surface area (Å²) in [5.41, 5.74) is -0.576. The number of amides is 1. The first-order valence-electron chi connectivity index (χ1n) is 4.93. The lowest BCUT2D eigenvalue weighted by Gasteiger charge is -2.24. The standard InChI is InChI=1S/C9H20N2O4S/c1-9(2,3)15-8(12)11(5)6-7-16(13,14)10-4/h10H,6-7H2,1-5H3. The van der Waals surface area contributed by atoms with E-state index in [4.69, 9.17) is 4.74 Å². The Balaban J connectivity index is 4.18. The molecule has 0 spiro atoms. The summed E-state index contributed by atoms with van der Waals surface area (Å²) in [6.45, 7) is 5.35. The molecule has 0 aliphatic rings. The van der Waals surface area contributed by atoms with Gasteiger partial charge in [-0.25, -0.2) is 17.9 Å². The van der Waals surface area contributed by atoms with E-state index >= 15 is 0 Å². The van der Waals surface area contributed by atoms with E-state index in [1.165, 1.54) is 19.0 Å². The predicted octanol–water partition coefficient (Wildman–Crippen LogP) is 0.402. The SMILES string of the molecule is CNS(=O)(=O)CCN(C)C(=O)OC(C)(C)C. The summed E-state index contributed by atoms with van der Waals surface area (Å²) < 4.78 is 29.5. The minimum atomic E-state index is -3.29. The molecule has 0 heterocycles. The Hall–Kier alpha value is -0.820. The first kappa shape index (κ1) is 15.2. The molecule has 0 aliphatic carbocycles. The fourth-order valence-electron chi connectivity index (χ4n) is 0.790. The van der Waals surface area contributed by atoms with Crippen LogP contribution in [0.15, 0.2) is 0 Å². The molecule has 0 aromatic rings. The summed E-state index contributed by atoms with van der Waals surface area (Å²) in [4.78, 5) is 12.7. The smallest absolute Gasteiger partial charge is 0.410 e. The molecule has 0 rings (SSSR count). The van der Waals surface area contributed by atoms with Crippen molar-refractivity contribution in [3.63, 3.8) is 0 Å². The highest BCUT2D eigenvalue weighted by Gasteiger charge is 2.20. The second-order valence-corrected chi connectivity index (χ2v) is 6.47. The van der Waals surface area contributed by atoms with Crippen molar-refractivity contribution in [2.75, 3.05) is 26.4 Å². The lowest BCUT2D eigenvalue weighted by Crippen LogP contribution is -2.38. The average Bonchev–Trinajstić information content (AvgIpc) is 2.11. The van der Waals surface area contributed by atoms with Crippen molar-refractivity contribution >= 4 is 16.1 Å². The normalized spacial score (nSPS) is 12.3. The van der Waals surface area contributed by atoms with Crippen LogP contribution in [0.2, 0.25) is 0 Å². The van der Waals surface area contributed by atoms with E-state index in [-0.39, 0.29) is 12.3 Å². The number of ether oxygens (including phenoxy) is 1. The summed E-state index contributed by atoms with van der Waals surface area (Å²) in [5, 5.41) is 0. The Morgan fingerprint density at radius 1 is 1.38 bits per heavy atom. The van der Waals surface area contributed by atoms with Gasteiger partial charge in [0.05, 0.1) is 5.75 Å². The van der Waals surface area contributed by atoms with E-state index in [0.717, 1.165) is 0 Å². The van der Waals surface area contributed by atoms with Gasteiger partial charge in [-0.1, -0.05) is 0 Å². The van der Waals surface area contributed by atoms with Gasteiger partial charge in [0, 0.05) is 13.6 Å². The Kier molecular flexibility index (Phi) is 5.21. The van der Waals surface area contributed by atoms with Crippen LogP contribution in [0.5, 0.6) is 0 Å². The molecule has 7 heteroatoms. The number of rotatable bonds is 4. The molecular weight excluding hydrogens is 232 g/mol. The number of nitrogens with one attached hydrogen (secondary N) is 1. The monoisotopic (exact) mass is 252 g/mol. The molecule has 0 bridgehead atoms. The molecule has 0 fully saturated rings. The van der Waals surface area contributed by atoms with Gasteiger partial charge >= 0.3 is 6.09 Å². The third-order valence-electron chi connectivity index (χ3n) is 1.71. The molecule has 0 aromatic carbocycles. The Bertz CT molecular complexity index is 332. The van der Waals surface area contributed by atoms with Crippen LogP contribution in [0.1, 0.15) is 20.8 Å². The predicted molar refractivity (Wildman–Crippen MR) is 61.7 cm³/mol. The van der Waals surface area contributed by atoms with Crippen molar-refractivity contribution in [2.45, 2.75) is 26.4 Å². The zero-order valence-electron chi connectivity index (χ0n) is 10.4. The summed E-state index contributed by atoms with van der Waals surface area (Å²) in [5.74, 6) is -0.140. The van der Waals surface area contributed by atoms with Gasteiger partial charge in [0.1, 0.15) is 5.60 Å². The summed E-state index contributed by atoms with van der Waals surface area (Å²) >= 11 is 0. The maximum atomic E-state index is 11.5. The number of hydrogen-bond acceptors (Lipinski definition) is 4. The lowest BCUT2D eigenvalue weighted by molar-refractivity contribution is 0.0309. The summed E-state index contributed by atoms with van der Waals surface area (Å²) in [6, 6.07) is 0. The van der Waals surface area contributed by atoms with Gasteiger partial charge in [0.2, 0.25) is 10.0 Å². The second-order valence-electron chi connectivity index (χ2n) is 4.42. The number of carbonyl (C=O) groups excluding carboxylic acids is 1. The van der Waals surface area contributed by atoms with Crippen molar-refractivity contribution < 1.29 is 17.9 Å². The van der Waals surface area contributed by atoms with Gasteiger partial charge in [0.25, 0.3) is 0 Å².